The number of allylic oxidation sites excluding steroid dienone is 1. The summed E-state index contributed by atoms with van der Waals surface area (Å²) in [7, 11) is 1.74. The summed E-state index contributed by atoms with van der Waals surface area (Å²) >= 11 is 1.54. The van der Waals surface area contributed by atoms with Crippen molar-refractivity contribution in [1.82, 2.24) is 5.32 Å². The van der Waals surface area contributed by atoms with Gasteiger partial charge in [-0.15, -0.1) is 0 Å². The molecule has 0 radical (unpaired) electrons. The lowest BCUT2D eigenvalue weighted by Crippen LogP contribution is -2.30. The Bertz CT molecular complexity index is 591. The molecule has 2 rings (SSSR count). The van der Waals surface area contributed by atoms with Crippen LogP contribution in [-0.4, -0.2) is 24.8 Å². The van der Waals surface area contributed by atoms with E-state index in [1.807, 2.05) is 20.8 Å². The van der Waals surface area contributed by atoms with E-state index in [1.54, 1.807) is 7.05 Å². The topological polar surface area (TPSA) is 50.7 Å². The van der Waals surface area contributed by atoms with Crippen molar-refractivity contribution in [3.63, 3.8) is 0 Å². The predicted molar refractivity (Wildman–Crippen MR) is 87.3 cm³/mol. The highest BCUT2D eigenvalue weighted by molar-refractivity contribution is 8.14. The minimum Gasteiger partial charge on any atom is -0.463 e. The number of esters is 1. The fraction of sp³-hybridized carbons (Fsp3) is 0.375. The van der Waals surface area contributed by atoms with Gasteiger partial charge in [0.05, 0.1) is 17.4 Å². The summed E-state index contributed by atoms with van der Waals surface area (Å²) in [6, 6.07) is 8.22. The van der Waals surface area contributed by atoms with Gasteiger partial charge in [0.1, 0.15) is 0 Å². The van der Waals surface area contributed by atoms with Gasteiger partial charge in [-0.2, -0.15) is 0 Å². The number of nitrogens with zero attached hydrogens (tertiary/aromatic N) is 1. The maximum absolute atomic E-state index is 12.3. The van der Waals surface area contributed by atoms with Crippen molar-refractivity contribution >= 4 is 22.9 Å². The van der Waals surface area contributed by atoms with Gasteiger partial charge >= 0.3 is 5.97 Å². The molecule has 0 saturated heterocycles. The number of aliphatic imine (C=N–C) groups is 1. The van der Waals surface area contributed by atoms with E-state index in [0.717, 1.165) is 16.4 Å². The van der Waals surface area contributed by atoms with Crippen molar-refractivity contribution in [3.8, 4) is 0 Å². The highest BCUT2D eigenvalue weighted by atomic mass is 32.2. The number of ether oxygens (including phenoxy) is 1. The minimum atomic E-state index is -0.268. The summed E-state index contributed by atoms with van der Waals surface area (Å²) in [6.07, 6.45) is 0. The van der Waals surface area contributed by atoms with Crippen LogP contribution >= 0.6 is 11.8 Å². The lowest BCUT2D eigenvalue weighted by atomic mass is 10.0. The Balaban J connectivity index is 2.44. The molecule has 0 aliphatic carbocycles. The summed E-state index contributed by atoms with van der Waals surface area (Å²) in [5.74, 6) is -0.268. The molecule has 1 N–H and O–H groups in total. The second kappa shape index (κ2) is 6.80. The zero-order chi connectivity index (χ0) is 15.4. The standard InChI is InChI=1S/C16H20N2O2S/c1-5-20-15(19)13-11(3)18-16(17-4)21-14(13)12-8-6-10(2)7-9-12/h6-9,14H,5H2,1-4H3,(H,17,18). The van der Waals surface area contributed by atoms with Gasteiger partial charge in [0.15, 0.2) is 5.17 Å². The molecule has 5 heteroatoms. The molecule has 1 unspecified atom stereocenters. The Morgan fingerprint density at radius 3 is 2.57 bits per heavy atom. The molecule has 0 fully saturated rings. The first-order valence-corrected chi connectivity index (χ1v) is 7.79. The van der Waals surface area contributed by atoms with Crippen molar-refractivity contribution in [2.75, 3.05) is 13.7 Å². The first-order chi connectivity index (χ1) is 10.1. The molecule has 1 atom stereocenters. The van der Waals surface area contributed by atoms with E-state index in [4.69, 9.17) is 4.74 Å². The van der Waals surface area contributed by atoms with Crippen LogP contribution in [0.25, 0.3) is 0 Å². The molecule has 1 aromatic carbocycles. The van der Waals surface area contributed by atoms with Crippen molar-refractivity contribution in [2.45, 2.75) is 26.0 Å². The average molecular weight is 304 g/mol. The van der Waals surface area contributed by atoms with Gasteiger partial charge in [-0.1, -0.05) is 41.6 Å². The lowest BCUT2D eigenvalue weighted by molar-refractivity contribution is -0.138. The van der Waals surface area contributed by atoms with Gasteiger partial charge < -0.3 is 10.1 Å². The quantitative estimate of drug-likeness (QED) is 0.871. The zero-order valence-electron chi connectivity index (χ0n) is 12.8. The van der Waals surface area contributed by atoms with E-state index in [-0.39, 0.29) is 11.2 Å². The average Bonchev–Trinajstić information content (AvgIpc) is 2.47. The largest absolute Gasteiger partial charge is 0.463 e. The molecule has 1 aliphatic heterocycles. The summed E-state index contributed by atoms with van der Waals surface area (Å²) < 4.78 is 5.21. The highest BCUT2D eigenvalue weighted by Gasteiger charge is 2.32. The molecular formula is C16H20N2O2S. The van der Waals surface area contributed by atoms with Gasteiger partial charge in [0.25, 0.3) is 0 Å². The summed E-state index contributed by atoms with van der Waals surface area (Å²) in [5, 5.41) is 3.88. The van der Waals surface area contributed by atoms with Crippen LogP contribution < -0.4 is 5.32 Å². The van der Waals surface area contributed by atoms with Crippen LogP contribution in [0.4, 0.5) is 0 Å². The van der Waals surface area contributed by atoms with E-state index in [9.17, 15) is 4.79 Å². The van der Waals surface area contributed by atoms with Crippen LogP contribution in [0.5, 0.6) is 0 Å². The Morgan fingerprint density at radius 2 is 2.00 bits per heavy atom. The number of aryl methyl sites for hydroxylation is 1. The van der Waals surface area contributed by atoms with E-state index in [2.05, 4.69) is 34.6 Å². The number of carbonyl (C=O) groups is 1. The van der Waals surface area contributed by atoms with Crippen molar-refractivity contribution in [3.05, 3.63) is 46.7 Å². The van der Waals surface area contributed by atoms with Gasteiger partial charge in [-0.05, 0) is 26.3 Å². The first-order valence-electron chi connectivity index (χ1n) is 6.91. The van der Waals surface area contributed by atoms with Gasteiger partial charge in [-0.3, -0.25) is 4.99 Å². The monoisotopic (exact) mass is 304 g/mol. The van der Waals surface area contributed by atoms with Gasteiger partial charge in [0.2, 0.25) is 0 Å². The van der Waals surface area contributed by atoms with Crippen molar-refractivity contribution < 1.29 is 9.53 Å². The molecule has 112 valence electrons. The van der Waals surface area contributed by atoms with Crippen LogP contribution in [0.2, 0.25) is 0 Å². The third-order valence-electron chi connectivity index (χ3n) is 3.27. The van der Waals surface area contributed by atoms with E-state index >= 15 is 0 Å². The molecule has 21 heavy (non-hydrogen) atoms. The van der Waals surface area contributed by atoms with Crippen LogP contribution in [0.3, 0.4) is 0 Å². The normalized spacial score (nSPS) is 20.4. The molecule has 0 bridgehead atoms. The van der Waals surface area contributed by atoms with Crippen LogP contribution in [-0.2, 0) is 9.53 Å². The second-order valence-electron chi connectivity index (χ2n) is 4.82. The van der Waals surface area contributed by atoms with Crippen molar-refractivity contribution in [1.29, 1.82) is 0 Å². The number of benzene rings is 1. The third-order valence-corrected chi connectivity index (χ3v) is 4.52. The second-order valence-corrected chi connectivity index (χ2v) is 5.92. The summed E-state index contributed by atoms with van der Waals surface area (Å²) in [5.41, 5.74) is 3.74. The molecule has 0 aromatic heterocycles. The molecule has 1 aliphatic rings. The SMILES string of the molecule is CCOC(=O)C1=C(C)NC(=NC)SC1c1ccc(C)cc1. The lowest BCUT2D eigenvalue weighted by Gasteiger charge is -2.27. The molecule has 1 heterocycles. The van der Waals surface area contributed by atoms with Crippen LogP contribution in [0.15, 0.2) is 40.5 Å². The van der Waals surface area contributed by atoms with E-state index in [1.165, 1.54) is 17.3 Å². The molecule has 0 saturated carbocycles. The number of nitrogens with one attached hydrogen (secondary N) is 1. The highest BCUT2D eigenvalue weighted by Crippen LogP contribution is 2.41. The van der Waals surface area contributed by atoms with Gasteiger partial charge in [-0.25, -0.2) is 4.79 Å². The van der Waals surface area contributed by atoms with Gasteiger partial charge in [0, 0.05) is 12.7 Å². The molecule has 0 amide bonds. The zero-order valence-corrected chi connectivity index (χ0v) is 13.6. The fourth-order valence-corrected chi connectivity index (χ4v) is 3.40. The maximum atomic E-state index is 12.3. The number of hydrogen-bond donors (Lipinski definition) is 1. The number of amidine groups is 1. The predicted octanol–water partition coefficient (Wildman–Crippen LogP) is 3.20. The number of rotatable bonds is 3. The molecule has 4 nitrogen and oxygen atoms in total. The summed E-state index contributed by atoms with van der Waals surface area (Å²) in [4.78, 5) is 16.5. The first kappa shape index (κ1) is 15.6. The van der Waals surface area contributed by atoms with Crippen LogP contribution in [0.1, 0.15) is 30.2 Å². The smallest absolute Gasteiger partial charge is 0.337 e. The molecule has 1 aromatic rings. The minimum absolute atomic E-state index is 0.0930. The van der Waals surface area contributed by atoms with Crippen molar-refractivity contribution in [2.24, 2.45) is 4.99 Å². The number of thioether (sulfide) groups is 1. The maximum Gasteiger partial charge on any atom is 0.337 e. The number of carbonyl (C=O) groups excluding carboxylic acids is 1. The molecule has 0 spiro atoms. The Kier molecular flexibility index (Phi) is 5.07. The number of hydrogen-bond acceptors (Lipinski definition) is 4. The van der Waals surface area contributed by atoms with E-state index in [0.29, 0.717) is 12.2 Å². The Labute approximate surface area is 129 Å². The van der Waals surface area contributed by atoms with Crippen LogP contribution in [0, 0.1) is 6.92 Å². The molecular weight excluding hydrogens is 284 g/mol. The van der Waals surface area contributed by atoms with E-state index < -0.39 is 0 Å². The Hall–Kier alpha value is -1.75. The Morgan fingerprint density at radius 1 is 1.33 bits per heavy atom. The fourth-order valence-electron chi connectivity index (χ4n) is 2.18. The summed E-state index contributed by atoms with van der Waals surface area (Å²) in [6.45, 7) is 6.12. The third kappa shape index (κ3) is 3.47.